The highest BCUT2D eigenvalue weighted by atomic mass is 35.5. The van der Waals surface area contributed by atoms with Gasteiger partial charge in [-0.1, -0.05) is 73.8 Å². The van der Waals surface area contributed by atoms with Crippen LogP contribution in [0.25, 0.3) is 0 Å². The molecule has 1 atom stereocenters. The Morgan fingerprint density at radius 2 is 1.38 bits per heavy atom. The maximum absolute atomic E-state index is 11.1. The number of halogens is 2. The molecular weight excluding hydrogens is 595 g/mol. The fourth-order valence-corrected chi connectivity index (χ4v) is 3.04. The number of rotatable bonds is 11. The number of para-hydroxylation sites is 1. The molecular formula is C28H28Cl2N2O10. The number of aliphatic carboxylic acids is 3. The number of primary amides is 1. The van der Waals surface area contributed by atoms with Gasteiger partial charge in [0.1, 0.15) is 5.03 Å². The first kappa shape index (κ1) is 37.2. The van der Waals surface area contributed by atoms with E-state index in [1.807, 2.05) is 6.92 Å². The van der Waals surface area contributed by atoms with Crippen LogP contribution in [0.5, 0.6) is 0 Å². The van der Waals surface area contributed by atoms with Crippen LogP contribution in [0.1, 0.15) is 57.8 Å². The third-order valence-electron chi connectivity index (χ3n) is 4.79. The van der Waals surface area contributed by atoms with E-state index in [4.69, 9.17) is 49.4 Å². The minimum absolute atomic E-state index is 0.199. The van der Waals surface area contributed by atoms with Crippen LogP contribution in [-0.2, 0) is 14.4 Å². The Morgan fingerprint density at radius 1 is 0.857 bits per heavy atom. The zero-order chi connectivity index (χ0) is 32.4. The van der Waals surface area contributed by atoms with Gasteiger partial charge in [0.25, 0.3) is 11.7 Å². The summed E-state index contributed by atoms with van der Waals surface area (Å²) in [6, 6.07) is 11.5. The summed E-state index contributed by atoms with van der Waals surface area (Å²) in [6.45, 7) is 4.11. The summed E-state index contributed by atoms with van der Waals surface area (Å²) in [4.78, 5) is 67.4. The third-order valence-corrected chi connectivity index (χ3v) is 5.54. The zero-order valence-corrected chi connectivity index (χ0v) is 23.9. The molecule has 2 rings (SSSR count). The lowest BCUT2D eigenvalue weighted by Gasteiger charge is -2.00. The van der Waals surface area contributed by atoms with Crippen LogP contribution in [0.4, 0.5) is 5.69 Å². The zero-order valence-electron chi connectivity index (χ0n) is 22.4. The summed E-state index contributed by atoms with van der Waals surface area (Å²) in [5, 5.41) is 33.1. The predicted molar refractivity (Wildman–Crippen MR) is 156 cm³/mol. The first-order chi connectivity index (χ1) is 19.6. The Hall–Kier alpha value is -4.81. The lowest BCUT2D eigenvalue weighted by atomic mass is 10.0. The number of aromatic carboxylic acids is 1. The van der Waals surface area contributed by atoms with Gasteiger partial charge < -0.3 is 26.2 Å². The van der Waals surface area contributed by atoms with Gasteiger partial charge >= 0.3 is 23.9 Å². The van der Waals surface area contributed by atoms with Crippen molar-refractivity contribution in [3.63, 3.8) is 0 Å². The lowest BCUT2D eigenvalue weighted by Crippen LogP contribution is -2.16. The van der Waals surface area contributed by atoms with Crippen molar-refractivity contribution in [2.75, 3.05) is 0 Å². The summed E-state index contributed by atoms with van der Waals surface area (Å²) < 4.78 is 0. The number of aliphatic imine (C=N–C) groups is 1. The Labute approximate surface area is 250 Å². The minimum Gasteiger partial charge on any atom is -0.478 e. The van der Waals surface area contributed by atoms with Gasteiger partial charge in [-0.3, -0.25) is 14.6 Å². The quantitative estimate of drug-likeness (QED) is 0.0977. The van der Waals surface area contributed by atoms with E-state index in [2.05, 4.69) is 11.9 Å². The van der Waals surface area contributed by atoms with Crippen LogP contribution in [0.15, 0.2) is 75.7 Å². The standard InChI is InChI=1S/C11H8Cl2N2O3.C9H6O5.C8H14O2/c12-7(9(13)11(17)18)5-15-8-4-2-1-3-6(8)10(14)16;10-7(9(13)14)5-3-1-2-4-6(5)8(11)12;1-3-4-7(2)5-6-8(9)10/h1-5H,(H2,14,16)(H,17,18);1-4H,(H,11,12)(H,13,14);5-7H,3-4H2,1-2H3,(H,9,10). The van der Waals surface area contributed by atoms with E-state index in [-0.39, 0.29) is 27.4 Å². The number of benzene rings is 2. The van der Waals surface area contributed by atoms with E-state index >= 15 is 0 Å². The molecule has 0 radical (unpaired) electrons. The van der Waals surface area contributed by atoms with Gasteiger partial charge in [0.05, 0.1) is 21.8 Å². The highest BCUT2D eigenvalue weighted by molar-refractivity contribution is 6.51. The van der Waals surface area contributed by atoms with Gasteiger partial charge in [-0.2, -0.15) is 0 Å². The second-order valence-corrected chi connectivity index (χ2v) is 8.84. The number of allylic oxidation sites excluding steroid dienone is 2. The molecule has 0 aliphatic carbocycles. The smallest absolute Gasteiger partial charge is 0.377 e. The molecule has 0 aliphatic rings. The molecule has 224 valence electrons. The maximum Gasteiger partial charge on any atom is 0.377 e. The monoisotopic (exact) mass is 622 g/mol. The van der Waals surface area contributed by atoms with Crippen molar-refractivity contribution < 1.29 is 49.2 Å². The van der Waals surface area contributed by atoms with Gasteiger partial charge in [-0.15, -0.1) is 0 Å². The average Bonchev–Trinajstić information content (AvgIpc) is 2.94. The van der Waals surface area contributed by atoms with Crippen LogP contribution in [0.3, 0.4) is 0 Å². The third kappa shape index (κ3) is 14.0. The molecule has 0 saturated carbocycles. The van der Waals surface area contributed by atoms with Crippen LogP contribution >= 0.6 is 23.2 Å². The highest BCUT2D eigenvalue weighted by Crippen LogP contribution is 2.19. The molecule has 1 amide bonds. The van der Waals surface area contributed by atoms with Crippen molar-refractivity contribution in [1.82, 2.24) is 0 Å². The number of hydrogen-bond acceptors (Lipinski definition) is 7. The fraction of sp³-hybridized carbons (Fsp3) is 0.179. The van der Waals surface area contributed by atoms with Crippen LogP contribution in [-0.4, -0.2) is 62.2 Å². The summed E-state index contributed by atoms with van der Waals surface area (Å²) in [7, 11) is 0. The normalized spacial score (nSPS) is 11.7. The Bertz CT molecular complexity index is 1400. The predicted octanol–water partition coefficient (Wildman–Crippen LogP) is 4.98. The average molecular weight is 623 g/mol. The topological polar surface area (TPSA) is 222 Å². The molecule has 2 aromatic rings. The van der Waals surface area contributed by atoms with Gasteiger partial charge in [-0.05, 0) is 36.6 Å². The molecule has 2 aromatic carbocycles. The first-order valence-electron chi connectivity index (χ1n) is 11.9. The number of carbonyl (C=O) groups is 6. The number of carboxylic acid groups (broad SMARTS) is 4. The van der Waals surface area contributed by atoms with E-state index in [9.17, 15) is 28.8 Å². The van der Waals surface area contributed by atoms with Gasteiger partial charge in [0.15, 0.2) is 0 Å². The SMILES string of the molecule is CCCC(C)C=CC(=O)O.NC(=O)c1ccccc1N=CC(Cl)=C(Cl)C(=O)O.O=C(O)C(=O)c1ccccc1C(=O)O. The number of ketones is 1. The van der Waals surface area contributed by atoms with Gasteiger partial charge in [0.2, 0.25) is 0 Å². The van der Waals surface area contributed by atoms with Crippen molar-refractivity contribution in [3.8, 4) is 0 Å². The van der Waals surface area contributed by atoms with Crippen molar-refractivity contribution in [2.24, 2.45) is 16.6 Å². The van der Waals surface area contributed by atoms with E-state index in [0.717, 1.165) is 19.1 Å². The molecule has 14 heteroatoms. The Kier molecular flexibility index (Phi) is 17.1. The van der Waals surface area contributed by atoms with E-state index in [0.29, 0.717) is 5.92 Å². The number of nitrogens with two attached hydrogens (primary N) is 1. The molecule has 6 N–H and O–H groups in total. The van der Waals surface area contributed by atoms with Crippen molar-refractivity contribution in [1.29, 1.82) is 0 Å². The molecule has 0 fully saturated rings. The number of Topliss-reactive ketones (excluding diaryl/α,β-unsaturated/α-hetero) is 1. The minimum atomic E-state index is -1.67. The number of hydrogen-bond donors (Lipinski definition) is 5. The molecule has 0 aliphatic heterocycles. The van der Waals surface area contributed by atoms with E-state index < -0.39 is 40.6 Å². The van der Waals surface area contributed by atoms with Gasteiger partial charge in [-0.25, -0.2) is 19.2 Å². The second kappa shape index (κ2) is 19.3. The lowest BCUT2D eigenvalue weighted by molar-refractivity contribution is -0.132. The molecule has 0 bridgehead atoms. The number of amides is 1. The van der Waals surface area contributed by atoms with Crippen LogP contribution < -0.4 is 5.73 Å². The molecule has 0 spiro atoms. The van der Waals surface area contributed by atoms with Crippen LogP contribution in [0.2, 0.25) is 0 Å². The highest BCUT2D eigenvalue weighted by Gasteiger charge is 2.20. The summed E-state index contributed by atoms with van der Waals surface area (Å²) in [5.74, 6) is -6.69. The first-order valence-corrected chi connectivity index (χ1v) is 12.6. The van der Waals surface area contributed by atoms with Crippen molar-refractivity contribution >= 4 is 70.7 Å². The van der Waals surface area contributed by atoms with E-state index in [1.165, 1.54) is 42.5 Å². The number of nitrogens with zero attached hydrogens (tertiary/aromatic N) is 1. The second-order valence-electron chi connectivity index (χ2n) is 8.05. The largest absolute Gasteiger partial charge is 0.478 e. The molecule has 0 saturated heterocycles. The number of carbonyl (C=O) groups excluding carboxylic acids is 2. The van der Waals surface area contributed by atoms with Crippen molar-refractivity contribution in [2.45, 2.75) is 26.7 Å². The van der Waals surface area contributed by atoms with Gasteiger partial charge in [0, 0.05) is 17.9 Å². The summed E-state index contributed by atoms with van der Waals surface area (Å²) >= 11 is 11.0. The van der Waals surface area contributed by atoms with E-state index in [1.54, 1.807) is 18.2 Å². The van der Waals surface area contributed by atoms with Crippen LogP contribution in [0, 0.1) is 5.92 Å². The molecule has 12 nitrogen and oxygen atoms in total. The number of carboxylic acids is 4. The van der Waals surface area contributed by atoms with Crippen molar-refractivity contribution in [3.05, 3.63) is 87.4 Å². The molecule has 42 heavy (non-hydrogen) atoms. The fourth-order valence-electron chi connectivity index (χ4n) is 2.86. The molecule has 1 unspecified atom stereocenters. The Morgan fingerprint density at radius 3 is 1.83 bits per heavy atom. The summed E-state index contributed by atoms with van der Waals surface area (Å²) in [6.07, 6.45) is 6.14. The Balaban J connectivity index is 0.000000628. The molecule has 0 aromatic heterocycles. The summed E-state index contributed by atoms with van der Waals surface area (Å²) in [5.41, 5.74) is 5.01. The maximum atomic E-state index is 11.1. The molecule has 0 heterocycles.